The van der Waals surface area contributed by atoms with Crippen molar-refractivity contribution in [2.45, 2.75) is 19.5 Å². The van der Waals surface area contributed by atoms with Crippen molar-refractivity contribution in [3.63, 3.8) is 0 Å². The van der Waals surface area contributed by atoms with Crippen LogP contribution in [0.1, 0.15) is 17.1 Å². The molecule has 3 aromatic rings. The number of benzene rings is 1. The molecule has 1 aliphatic heterocycles. The van der Waals surface area contributed by atoms with Crippen LogP contribution < -0.4 is 0 Å². The van der Waals surface area contributed by atoms with Gasteiger partial charge in [-0.1, -0.05) is 11.6 Å². The zero-order chi connectivity index (χ0) is 15.6. The monoisotopic (exact) mass is 326 g/mol. The van der Waals surface area contributed by atoms with Gasteiger partial charge in [0.15, 0.2) is 5.76 Å². The molecular weight excluding hydrogens is 312 g/mol. The molecule has 5 nitrogen and oxygen atoms in total. The molecule has 0 saturated carbocycles. The van der Waals surface area contributed by atoms with Gasteiger partial charge in [-0.25, -0.2) is 15.0 Å². The number of hydrogen-bond donors (Lipinski definition) is 0. The molecule has 0 aliphatic carbocycles. The Kier molecular flexibility index (Phi) is 3.81. The summed E-state index contributed by atoms with van der Waals surface area (Å²) >= 11 is 5.91. The third kappa shape index (κ3) is 3.11. The minimum atomic E-state index is 0.678. The van der Waals surface area contributed by atoms with E-state index in [1.165, 1.54) is 5.56 Å². The second-order valence-electron chi connectivity index (χ2n) is 5.58. The van der Waals surface area contributed by atoms with Crippen LogP contribution in [0.15, 0.2) is 47.4 Å². The Hall–Kier alpha value is -2.24. The van der Waals surface area contributed by atoms with E-state index in [2.05, 4.69) is 19.9 Å². The van der Waals surface area contributed by atoms with Gasteiger partial charge in [0.25, 0.3) is 0 Å². The first-order chi connectivity index (χ1) is 11.3. The molecule has 1 aliphatic rings. The second kappa shape index (κ2) is 6.10. The van der Waals surface area contributed by atoms with E-state index >= 15 is 0 Å². The molecule has 23 heavy (non-hydrogen) atoms. The van der Waals surface area contributed by atoms with Gasteiger partial charge in [-0.15, -0.1) is 0 Å². The Morgan fingerprint density at radius 2 is 2.00 bits per heavy atom. The minimum Gasteiger partial charge on any atom is -0.439 e. The Labute approximate surface area is 139 Å². The van der Waals surface area contributed by atoms with Gasteiger partial charge in [0.2, 0.25) is 5.89 Å². The van der Waals surface area contributed by atoms with Crippen LogP contribution in [-0.2, 0) is 19.5 Å². The van der Waals surface area contributed by atoms with Crippen molar-refractivity contribution in [1.29, 1.82) is 0 Å². The molecule has 0 bridgehead atoms. The molecule has 0 amide bonds. The van der Waals surface area contributed by atoms with E-state index in [9.17, 15) is 0 Å². The smallest absolute Gasteiger partial charge is 0.209 e. The van der Waals surface area contributed by atoms with Gasteiger partial charge in [-0.2, -0.15) is 0 Å². The lowest BCUT2D eigenvalue weighted by atomic mass is 10.1. The quantitative estimate of drug-likeness (QED) is 0.739. The molecule has 3 heterocycles. The van der Waals surface area contributed by atoms with Crippen LogP contribution >= 0.6 is 11.6 Å². The lowest BCUT2D eigenvalue weighted by Crippen LogP contribution is -2.30. The average molecular weight is 327 g/mol. The zero-order valence-corrected chi connectivity index (χ0v) is 13.2. The Bertz CT molecular complexity index is 815. The number of nitrogens with zero attached hydrogens (tertiary/aromatic N) is 4. The molecule has 0 N–H and O–H groups in total. The summed E-state index contributed by atoms with van der Waals surface area (Å²) in [4.78, 5) is 15.1. The predicted octanol–water partition coefficient (Wildman–Crippen LogP) is 3.34. The van der Waals surface area contributed by atoms with Crippen LogP contribution in [0.2, 0.25) is 5.02 Å². The predicted molar refractivity (Wildman–Crippen MR) is 86.8 cm³/mol. The summed E-state index contributed by atoms with van der Waals surface area (Å²) in [6.07, 6.45) is 6.23. The van der Waals surface area contributed by atoms with Crippen molar-refractivity contribution >= 4 is 11.6 Å². The summed E-state index contributed by atoms with van der Waals surface area (Å²) in [5, 5.41) is 0.711. The van der Waals surface area contributed by atoms with E-state index in [0.717, 1.165) is 36.5 Å². The van der Waals surface area contributed by atoms with Gasteiger partial charge < -0.3 is 4.42 Å². The minimum absolute atomic E-state index is 0.678. The van der Waals surface area contributed by atoms with Crippen LogP contribution in [0.4, 0.5) is 0 Å². The van der Waals surface area contributed by atoms with E-state index in [1.807, 2.05) is 30.5 Å². The standard InChI is InChI=1S/C17H15ClN4O/c18-14-3-1-12(2-4-14)16-8-20-17(23-16)10-22-6-5-13-7-19-11-21-15(13)9-22/h1-4,7-8,11H,5-6,9-10H2. The van der Waals surface area contributed by atoms with Crippen molar-refractivity contribution in [3.8, 4) is 11.3 Å². The van der Waals surface area contributed by atoms with Crippen LogP contribution in [0.5, 0.6) is 0 Å². The van der Waals surface area contributed by atoms with Crippen LogP contribution in [0, 0.1) is 0 Å². The zero-order valence-electron chi connectivity index (χ0n) is 12.4. The second-order valence-corrected chi connectivity index (χ2v) is 6.02. The molecule has 0 fully saturated rings. The fourth-order valence-electron chi connectivity index (χ4n) is 2.76. The van der Waals surface area contributed by atoms with Crippen LogP contribution in [0.25, 0.3) is 11.3 Å². The highest BCUT2D eigenvalue weighted by Crippen LogP contribution is 2.24. The molecule has 2 aromatic heterocycles. The van der Waals surface area contributed by atoms with Crippen molar-refractivity contribution in [2.24, 2.45) is 0 Å². The van der Waals surface area contributed by atoms with Crippen molar-refractivity contribution < 1.29 is 4.42 Å². The third-order valence-electron chi connectivity index (χ3n) is 3.99. The third-order valence-corrected chi connectivity index (χ3v) is 4.25. The summed E-state index contributed by atoms with van der Waals surface area (Å²) in [6.45, 7) is 2.44. The van der Waals surface area contributed by atoms with Gasteiger partial charge in [-0.3, -0.25) is 4.90 Å². The molecule has 0 atom stereocenters. The number of halogens is 1. The van der Waals surface area contributed by atoms with Crippen LogP contribution in [0.3, 0.4) is 0 Å². The van der Waals surface area contributed by atoms with Crippen molar-refractivity contribution in [3.05, 3.63) is 65.2 Å². The summed E-state index contributed by atoms with van der Waals surface area (Å²) in [6, 6.07) is 7.56. The highest BCUT2D eigenvalue weighted by Gasteiger charge is 2.19. The van der Waals surface area contributed by atoms with E-state index in [1.54, 1.807) is 12.5 Å². The molecule has 6 heteroatoms. The Morgan fingerprint density at radius 1 is 1.13 bits per heavy atom. The van der Waals surface area contributed by atoms with Gasteiger partial charge in [0.1, 0.15) is 6.33 Å². The molecular formula is C17H15ClN4O. The maximum Gasteiger partial charge on any atom is 0.209 e. The first-order valence-electron chi connectivity index (χ1n) is 7.49. The molecule has 0 saturated heterocycles. The lowest BCUT2D eigenvalue weighted by molar-refractivity contribution is 0.218. The van der Waals surface area contributed by atoms with Crippen molar-refractivity contribution in [2.75, 3.05) is 6.54 Å². The molecule has 0 spiro atoms. The number of aromatic nitrogens is 3. The highest BCUT2D eigenvalue weighted by molar-refractivity contribution is 6.30. The average Bonchev–Trinajstić information content (AvgIpc) is 3.04. The van der Waals surface area contributed by atoms with E-state index in [0.29, 0.717) is 17.5 Å². The van der Waals surface area contributed by atoms with E-state index in [-0.39, 0.29) is 0 Å². The fraction of sp³-hybridized carbons (Fsp3) is 0.235. The largest absolute Gasteiger partial charge is 0.439 e. The number of rotatable bonds is 3. The van der Waals surface area contributed by atoms with E-state index in [4.69, 9.17) is 16.0 Å². The maximum absolute atomic E-state index is 5.91. The molecule has 116 valence electrons. The highest BCUT2D eigenvalue weighted by atomic mass is 35.5. The van der Waals surface area contributed by atoms with Gasteiger partial charge in [0.05, 0.1) is 18.4 Å². The maximum atomic E-state index is 5.91. The summed E-state index contributed by atoms with van der Waals surface area (Å²) < 4.78 is 5.87. The Morgan fingerprint density at radius 3 is 2.87 bits per heavy atom. The van der Waals surface area contributed by atoms with E-state index < -0.39 is 0 Å². The fourth-order valence-corrected chi connectivity index (χ4v) is 2.89. The first-order valence-corrected chi connectivity index (χ1v) is 7.86. The molecule has 1 aromatic carbocycles. The molecule has 4 rings (SSSR count). The Balaban J connectivity index is 1.47. The molecule has 0 unspecified atom stereocenters. The topological polar surface area (TPSA) is 55.1 Å². The summed E-state index contributed by atoms with van der Waals surface area (Å²) in [7, 11) is 0. The lowest BCUT2D eigenvalue weighted by Gasteiger charge is -2.26. The first kappa shape index (κ1) is 14.4. The number of oxazole rings is 1. The molecule has 0 radical (unpaired) electrons. The SMILES string of the molecule is Clc1ccc(-c2cnc(CN3CCc4cncnc4C3)o2)cc1. The van der Waals surface area contributed by atoms with Crippen LogP contribution in [-0.4, -0.2) is 26.4 Å². The van der Waals surface area contributed by atoms with Gasteiger partial charge in [0, 0.05) is 29.9 Å². The normalized spacial score (nSPS) is 14.7. The number of fused-ring (bicyclic) bond motifs is 1. The van der Waals surface area contributed by atoms with Gasteiger partial charge in [-0.05, 0) is 36.2 Å². The number of hydrogen-bond acceptors (Lipinski definition) is 5. The van der Waals surface area contributed by atoms with Gasteiger partial charge >= 0.3 is 0 Å². The summed E-state index contributed by atoms with van der Waals surface area (Å²) in [5.74, 6) is 1.48. The summed E-state index contributed by atoms with van der Waals surface area (Å²) in [5.41, 5.74) is 3.30. The van der Waals surface area contributed by atoms with Crippen molar-refractivity contribution in [1.82, 2.24) is 19.9 Å².